The van der Waals surface area contributed by atoms with Crippen molar-refractivity contribution in [2.45, 2.75) is 33.6 Å². The second-order valence-corrected chi connectivity index (χ2v) is 8.98. The topological polar surface area (TPSA) is 138 Å². The number of hydrazine groups is 1. The molecule has 2 aromatic rings. The second-order valence-electron chi connectivity index (χ2n) is 8.12. The predicted octanol–water partition coefficient (Wildman–Crippen LogP) is 4.01. The van der Waals surface area contributed by atoms with E-state index < -0.39 is 30.2 Å². The van der Waals surface area contributed by atoms with Gasteiger partial charge in [0, 0.05) is 17.4 Å². The largest absolute Gasteiger partial charge is 0.493 e. The molecule has 1 fully saturated rings. The number of aryl methyl sites for hydroxylation is 1. The summed E-state index contributed by atoms with van der Waals surface area (Å²) in [4.78, 5) is 51.0. The number of amides is 5. The van der Waals surface area contributed by atoms with Gasteiger partial charge in [0.05, 0.1) is 23.5 Å². The van der Waals surface area contributed by atoms with Crippen LogP contribution in [0.25, 0.3) is 0 Å². The number of halogens is 1. The molecule has 1 heterocycles. The summed E-state index contributed by atoms with van der Waals surface area (Å²) in [5.74, 6) is 4.88. The summed E-state index contributed by atoms with van der Waals surface area (Å²) in [5, 5.41) is 6.40. The Labute approximate surface area is 211 Å². The zero-order valence-electron chi connectivity index (χ0n) is 19.6. The van der Waals surface area contributed by atoms with Gasteiger partial charge in [0.25, 0.3) is 5.91 Å². The minimum atomic E-state index is -1.03. The first kappa shape index (κ1) is 26.1. The van der Waals surface area contributed by atoms with Crippen molar-refractivity contribution in [1.29, 1.82) is 0 Å². The molecule has 186 valence electrons. The molecule has 12 heteroatoms. The molecule has 1 aliphatic rings. The van der Waals surface area contributed by atoms with E-state index in [1.54, 1.807) is 18.2 Å². The average Bonchev–Trinajstić information content (AvgIpc) is 2.84. The normalized spacial score (nSPS) is 16.8. The van der Waals surface area contributed by atoms with Gasteiger partial charge in [0.2, 0.25) is 6.29 Å². The van der Waals surface area contributed by atoms with E-state index >= 15 is 0 Å². The number of rotatable bonds is 9. The van der Waals surface area contributed by atoms with Gasteiger partial charge in [-0.05, 0) is 53.5 Å². The Morgan fingerprint density at radius 1 is 1.20 bits per heavy atom. The first-order valence-electron chi connectivity index (χ1n) is 10.9. The van der Waals surface area contributed by atoms with Gasteiger partial charge in [-0.1, -0.05) is 36.8 Å². The van der Waals surface area contributed by atoms with Crippen LogP contribution in [0.15, 0.2) is 52.1 Å². The number of carbonyl (C=O) groups excluding carboxylic acids is 3. The molecule has 0 spiro atoms. The number of ether oxygens (including phenoxy) is 1. The van der Waals surface area contributed by atoms with Gasteiger partial charge in [-0.15, -0.1) is 4.91 Å². The van der Waals surface area contributed by atoms with Crippen molar-refractivity contribution in [1.82, 2.24) is 14.8 Å². The fourth-order valence-electron chi connectivity index (χ4n) is 3.54. The zero-order chi connectivity index (χ0) is 25.7. The number of nitrogens with one attached hydrogen (secondary N) is 1. The lowest BCUT2D eigenvalue weighted by atomic mass is 10.1. The lowest BCUT2D eigenvalue weighted by Gasteiger charge is -2.45. The van der Waals surface area contributed by atoms with Crippen LogP contribution >= 0.6 is 15.9 Å². The monoisotopic (exact) mass is 546 g/mol. The third kappa shape index (κ3) is 5.95. The number of hydrogen-bond donors (Lipinski definition) is 2. The van der Waals surface area contributed by atoms with Crippen molar-refractivity contribution < 1.29 is 19.1 Å². The molecule has 0 saturated carbocycles. The summed E-state index contributed by atoms with van der Waals surface area (Å²) in [6.07, 6.45) is -1.03. The van der Waals surface area contributed by atoms with E-state index in [0.717, 1.165) is 21.0 Å². The number of nitroso groups, excluding NO2 is 1. The Morgan fingerprint density at radius 3 is 2.49 bits per heavy atom. The predicted molar refractivity (Wildman–Crippen MR) is 133 cm³/mol. The Kier molecular flexibility index (Phi) is 8.41. The van der Waals surface area contributed by atoms with Crippen molar-refractivity contribution in [2.24, 2.45) is 16.9 Å². The fourth-order valence-corrected chi connectivity index (χ4v) is 4.03. The molecule has 0 bridgehead atoms. The van der Waals surface area contributed by atoms with Gasteiger partial charge >= 0.3 is 12.1 Å². The molecule has 1 saturated heterocycles. The lowest BCUT2D eigenvalue weighted by molar-refractivity contribution is -0.121. The average molecular weight is 547 g/mol. The highest BCUT2D eigenvalue weighted by Gasteiger charge is 2.44. The molecule has 3 rings (SSSR count). The Balaban J connectivity index is 1.93. The SMILES string of the molecule is CCOc1ccc(NC2N(N)C(=O)N(C[C@H](C)C(=O)N=O)C(=O)N2Cc2ccc(C)cc2)cc1Br. The molecular formula is C23H27BrN6O5. The highest BCUT2D eigenvalue weighted by molar-refractivity contribution is 9.10. The maximum Gasteiger partial charge on any atom is 0.345 e. The first-order valence-corrected chi connectivity index (χ1v) is 11.7. The van der Waals surface area contributed by atoms with Crippen LogP contribution in [0.4, 0.5) is 15.3 Å². The van der Waals surface area contributed by atoms with Crippen LogP contribution in [0.1, 0.15) is 25.0 Å². The van der Waals surface area contributed by atoms with Crippen LogP contribution in [0.2, 0.25) is 0 Å². The van der Waals surface area contributed by atoms with Crippen LogP contribution in [0.3, 0.4) is 0 Å². The smallest absolute Gasteiger partial charge is 0.345 e. The van der Waals surface area contributed by atoms with Crippen molar-refractivity contribution in [3.05, 3.63) is 63.0 Å². The van der Waals surface area contributed by atoms with Gasteiger partial charge in [-0.3, -0.25) is 9.69 Å². The molecular weight excluding hydrogens is 520 g/mol. The van der Waals surface area contributed by atoms with Crippen LogP contribution in [0.5, 0.6) is 5.75 Å². The summed E-state index contributed by atoms with van der Waals surface area (Å²) in [6, 6.07) is 11.3. The van der Waals surface area contributed by atoms with Crippen LogP contribution in [-0.4, -0.2) is 52.2 Å². The molecule has 2 aromatic carbocycles. The van der Waals surface area contributed by atoms with Gasteiger partial charge in [0.1, 0.15) is 5.75 Å². The molecule has 0 aromatic heterocycles. The minimum absolute atomic E-state index is 0.126. The number of hydrogen-bond acceptors (Lipinski definition) is 7. The first-order chi connectivity index (χ1) is 16.7. The van der Waals surface area contributed by atoms with Crippen molar-refractivity contribution in [2.75, 3.05) is 18.5 Å². The van der Waals surface area contributed by atoms with E-state index in [0.29, 0.717) is 22.5 Å². The summed E-state index contributed by atoms with van der Waals surface area (Å²) >= 11 is 3.45. The van der Waals surface area contributed by atoms with E-state index in [2.05, 4.69) is 26.4 Å². The molecule has 1 aliphatic heterocycles. The summed E-state index contributed by atoms with van der Waals surface area (Å²) in [6.45, 7) is 5.53. The molecule has 2 atom stereocenters. The van der Waals surface area contributed by atoms with E-state index in [1.165, 1.54) is 11.8 Å². The highest BCUT2D eigenvalue weighted by Crippen LogP contribution is 2.30. The van der Waals surface area contributed by atoms with Crippen LogP contribution < -0.4 is 15.9 Å². The molecule has 11 nitrogen and oxygen atoms in total. The second kappa shape index (κ2) is 11.3. The molecule has 5 amide bonds. The number of carbonyl (C=O) groups is 3. The maximum absolute atomic E-state index is 13.5. The van der Waals surface area contributed by atoms with E-state index in [1.807, 2.05) is 38.1 Å². The molecule has 0 aliphatic carbocycles. The standard InChI is InChI=1S/C23H27BrN6O5/c1-4-35-19-10-9-17(11-18(19)24)26-21-28(13-16-7-5-14(2)6-8-16)22(32)29(23(33)30(21)25)12-15(3)20(31)27-34/h5-11,15,21,26H,4,12-13,25H2,1-3H3/t15-,21?/m0/s1. The minimum Gasteiger partial charge on any atom is -0.493 e. The highest BCUT2D eigenvalue weighted by atomic mass is 79.9. The summed E-state index contributed by atoms with van der Waals surface area (Å²) in [7, 11) is 0. The maximum atomic E-state index is 13.5. The Hall–Kier alpha value is -3.51. The van der Waals surface area contributed by atoms with Crippen molar-refractivity contribution in [3.63, 3.8) is 0 Å². The van der Waals surface area contributed by atoms with Crippen LogP contribution in [0, 0.1) is 17.7 Å². The lowest BCUT2D eigenvalue weighted by Crippen LogP contribution is -2.70. The number of anilines is 1. The number of imide groups is 1. The third-order valence-corrected chi connectivity index (χ3v) is 6.08. The number of urea groups is 2. The van der Waals surface area contributed by atoms with E-state index in [9.17, 15) is 19.3 Å². The summed E-state index contributed by atoms with van der Waals surface area (Å²) in [5.41, 5.74) is 2.45. The molecule has 35 heavy (non-hydrogen) atoms. The molecule has 3 N–H and O–H groups in total. The van der Waals surface area contributed by atoms with Gasteiger partial charge in [-0.2, -0.15) is 0 Å². The fraction of sp³-hybridized carbons (Fsp3) is 0.348. The van der Waals surface area contributed by atoms with Gasteiger partial charge in [0.15, 0.2) is 0 Å². The van der Waals surface area contributed by atoms with E-state index in [-0.39, 0.29) is 13.1 Å². The Bertz CT molecular complexity index is 1110. The quantitative estimate of drug-likeness (QED) is 0.275. The van der Waals surface area contributed by atoms with Crippen LogP contribution in [-0.2, 0) is 11.3 Å². The number of nitrogens with zero attached hydrogens (tertiary/aromatic N) is 4. The molecule has 0 radical (unpaired) electrons. The van der Waals surface area contributed by atoms with Gasteiger partial charge < -0.3 is 10.1 Å². The van der Waals surface area contributed by atoms with Crippen molar-refractivity contribution in [3.8, 4) is 5.75 Å². The molecule has 1 unspecified atom stereocenters. The van der Waals surface area contributed by atoms with Crippen molar-refractivity contribution >= 4 is 39.6 Å². The summed E-state index contributed by atoms with van der Waals surface area (Å²) < 4.78 is 6.22. The van der Waals surface area contributed by atoms with E-state index in [4.69, 9.17) is 10.6 Å². The van der Waals surface area contributed by atoms with Gasteiger partial charge in [-0.25, -0.2) is 25.3 Å². The zero-order valence-corrected chi connectivity index (χ0v) is 21.2. The number of nitrogens with two attached hydrogens (primary N) is 1. The number of benzene rings is 2. The Morgan fingerprint density at radius 2 is 1.89 bits per heavy atom. The third-order valence-electron chi connectivity index (χ3n) is 5.46.